The predicted octanol–water partition coefficient (Wildman–Crippen LogP) is -0.168. The van der Waals surface area contributed by atoms with Gasteiger partial charge in [0.1, 0.15) is 0 Å². The Kier molecular flexibility index (Phi) is 2.13. The van der Waals surface area contributed by atoms with Crippen molar-refractivity contribution in [3.05, 3.63) is 11.3 Å². The second kappa shape index (κ2) is 3.44. The van der Waals surface area contributed by atoms with Crippen LogP contribution in [-0.2, 0) is 9.53 Å². The van der Waals surface area contributed by atoms with Crippen molar-refractivity contribution in [3.63, 3.8) is 0 Å². The molecule has 1 saturated heterocycles. The highest BCUT2D eigenvalue weighted by atomic mass is 16.5. The summed E-state index contributed by atoms with van der Waals surface area (Å²) in [6.45, 7) is 2.22. The van der Waals surface area contributed by atoms with Gasteiger partial charge in [0.25, 0.3) is 5.95 Å². The number of nitrogens with zero attached hydrogens (tertiary/aromatic N) is 3. The Balaban J connectivity index is 2.15. The van der Waals surface area contributed by atoms with E-state index in [1.54, 1.807) is 6.92 Å². The van der Waals surface area contributed by atoms with E-state index in [1.807, 2.05) is 0 Å². The maximum Gasteiger partial charge on any atom is 0.335 e. The Bertz CT molecular complexity index is 369. The van der Waals surface area contributed by atoms with Gasteiger partial charge >= 0.3 is 5.97 Å². The summed E-state index contributed by atoms with van der Waals surface area (Å²) < 4.78 is 4.80. The van der Waals surface area contributed by atoms with Gasteiger partial charge in [0.05, 0.1) is 12.2 Å². The summed E-state index contributed by atoms with van der Waals surface area (Å²) in [5, 5.41) is 16.0. The molecule has 1 aromatic rings. The number of H-pyrrole nitrogens is 1. The van der Waals surface area contributed by atoms with Crippen molar-refractivity contribution in [2.24, 2.45) is 0 Å². The van der Waals surface area contributed by atoms with Gasteiger partial charge in [-0.15, -0.1) is 5.10 Å². The zero-order chi connectivity index (χ0) is 9.97. The summed E-state index contributed by atoms with van der Waals surface area (Å²) in [4.78, 5) is 11.2. The molecule has 1 aliphatic rings. The van der Waals surface area contributed by atoms with E-state index in [1.165, 1.54) is 0 Å². The van der Waals surface area contributed by atoms with Crippen LogP contribution in [-0.4, -0.2) is 33.2 Å². The molecular weight excluding hydrogens is 186 g/mol. The number of allylic oxidation sites excluding steroid dienone is 1. The average molecular weight is 195 g/mol. The molecule has 1 aromatic heterocycles. The van der Waals surface area contributed by atoms with Gasteiger partial charge < -0.3 is 10.1 Å². The number of tetrazole rings is 1. The van der Waals surface area contributed by atoms with Crippen molar-refractivity contribution < 1.29 is 9.53 Å². The highest BCUT2D eigenvalue weighted by Crippen LogP contribution is 2.17. The number of ether oxygens (including phenoxy) is 1. The van der Waals surface area contributed by atoms with E-state index in [-0.39, 0.29) is 5.97 Å². The Morgan fingerprint density at radius 2 is 2.50 bits per heavy atom. The zero-order valence-electron chi connectivity index (χ0n) is 7.57. The van der Waals surface area contributed by atoms with Crippen LogP contribution < -0.4 is 5.32 Å². The molecule has 2 rings (SSSR count). The van der Waals surface area contributed by atoms with Crippen LogP contribution in [0.25, 0.3) is 0 Å². The molecule has 0 unspecified atom stereocenters. The van der Waals surface area contributed by atoms with Gasteiger partial charge in [-0.2, -0.15) is 5.21 Å². The molecule has 2 heterocycles. The number of nitrogens with one attached hydrogen (secondary N) is 2. The number of carbonyl (C=O) groups is 1. The van der Waals surface area contributed by atoms with Crippen LogP contribution in [0, 0.1) is 0 Å². The molecule has 14 heavy (non-hydrogen) atoms. The van der Waals surface area contributed by atoms with Gasteiger partial charge in [0.2, 0.25) is 0 Å². The minimum atomic E-state index is -0.279. The first kappa shape index (κ1) is 8.67. The number of anilines is 1. The van der Waals surface area contributed by atoms with Crippen LogP contribution >= 0.6 is 0 Å². The third-order valence-corrected chi connectivity index (χ3v) is 1.93. The topological polar surface area (TPSA) is 92.8 Å². The highest BCUT2D eigenvalue weighted by Gasteiger charge is 2.21. The van der Waals surface area contributed by atoms with E-state index in [2.05, 4.69) is 25.9 Å². The maximum absolute atomic E-state index is 11.2. The first-order valence-corrected chi connectivity index (χ1v) is 4.14. The van der Waals surface area contributed by atoms with E-state index >= 15 is 0 Å². The summed E-state index contributed by atoms with van der Waals surface area (Å²) in [6, 6.07) is 0. The number of esters is 1. The molecular formula is C7H9N5O2. The number of aromatic nitrogens is 4. The molecule has 1 fully saturated rings. The number of hydrogen-bond acceptors (Lipinski definition) is 6. The zero-order valence-corrected chi connectivity index (χ0v) is 7.57. The lowest BCUT2D eigenvalue weighted by Gasteiger charge is -2.02. The highest BCUT2D eigenvalue weighted by molar-refractivity contribution is 5.91. The van der Waals surface area contributed by atoms with E-state index in [4.69, 9.17) is 4.74 Å². The summed E-state index contributed by atoms with van der Waals surface area (Å²) in [7, 11) is 0. The number of aromatic amines is 1. The molecule has 7 heteroatoms. The number of carbonyl (C=O) groups excluding carboxylic acids is 1. The molecule has 0 radical (unpaired) electrons. The molecule has 0 amide bonds. The van der Waals surface area contributed by atoms with Crippen LogP contribution in [0.3, 0.4) is 0 Å². The van der Waals surface area contributed by atoms with Gasteiger partial charge in [-0.25, -0.2) is 4.79 Å². The minimum Gasteiger partial charge on any atom is -0.462 e. The normalized spacial score (nSPS) is 19.4. The molecule has 0 spiro atoms. The molecule has 7 nitrogen and oxygen atoms in total. The quantitative estimate of drug-likeness (QED) is 0.502. The summed E-state index contributed by atoms with van der Waals surface area (Å²) in [6.07, 6.45) is 0.621. The van der Waals surface area contributed by atoms with Crippen LogP contribution in [0.4, 0.5) is 5.95 Å². The van der Waals surface area contributed by atoms with Crippen LogP contribution in [0.15, 0.2) is 11.3 Å². The molecule has 0 saturated carbocycles. The predicted molar refractivity (Wildman–Crippen MR) is 46.1 cm³/mol. The van der Waals surface area contributed by atoms with Crippen molar-refractivity contribution >= 4 is 11.9 Å². The molecule has 74 valence electrons. The summed E-state index contributed by atoms with van der Waals surface area (Å²) >= 11 is 0. The van der Waals surface area contributed by atoms with E-state index in [0.29, 0.717) is 30.2 Å². The Labute approximate surface area is 79.5 Å². The summed E-state index contributed by atoms with van der Waals surface area (Å²) in [5.41, 5.74) is 1.34. The van der Waals surface area contributed by atoms with Crippen LogP contribution in [0.2, 0.25) is 0 Å². The van der Waals surface area contributed by atoms with E-state index in [9.17, 15) is 4.79 Å². The Morgan fingerprint density at radius 3 is 3.07 bits per heavy atom. The van der Waals surface area contributed by atoms with Gasteiger partial charge in [-0.1, -0.05) is 5.10 Å². The van der Waals surface area contributed by atoms with Gasteiger partial charge in [-0.3, -0.25) is 0 Å². The third-order valence-electron chi connectivity index (χ3n) is 1.93. The van der Waals surface area contributed by atoms with Gasteiger partial charge in [-0.05, 0) is 12.1 Å². The van der Waals surface area contributed by atoms with Crippen LogP contribution in [0.1, 0.15) is 13.3 Å². The smallest absolute Gasteiger partial charge is 0.335 e. The van der Waals surface area contributed by atoms with E-state index < -0.39 is 0 Å². The standard InChI is InChI=1S/C7H9N5O2/c1-4(5-2-3-14-6(5)13)8-7-9-11-12-10-7/h2-3H2,1H3,(H2,8,9,10,11,12). The minimum absolute atomic E-state index is 0.279. The van der Waals surface area contributed by atoms with Crippen molar-refractivity contribution in [1.82, 2.24) is 20.6 Å². The van der Waals surface area contributed by atoms with Crippen molar-refractivity contribution in [3.8, 4) is 0 Å². The fourth-order valence-electron chi connectivity index (χ4n) is 1.23. The lowest BCUT2D eigenvalue weighted by atomic mass is 10.2. The molecule has 0 bridgehead atoms. The van der Waals surface area contributed by atoms with Crippen molar-refractivity contribution in [2.45, 2.75) is 13.3 Å². The lowest BCUT2D eigenvalue weighted by Crippen LogP contribution is -2.05. The molecule has 0 aromatic carbocycles. The van der Waals surface area contributed by atoms with Gasteiger partial charge in [0.15, 0.2) is 0 Å². The number of hydrogen-bond donors (Lipinski definition) is 2. The fourth-order valence-corrected chi connectivity index (χ4v) is 1.23. The molecule has 1 aliphatic heterocycles. The lowest BCUT2D eigenvalue weighted by molar-refractivity contribution is -0.135. The fraction of sp³-hybridized carbons (Fsp3) is 0.429. The SMILES string of the molecule is CC(Nc1nn[nH]n1)=C1CCOC1=O. The monoisotopic (exact) mass is 195 g/mol. The van der Waals surface area contributed by atoms with Crippen molar-refractivity contribution in [1.29, 1.82) is 0 Å². The van der Waals surface area contributed by atoms with Crippen LogP contribution in [0.5, 0.6) is 0 Å². The molecule has 0 atom stereocenters. The molecule has 0 aliphatic carbocycles. The van der Waals surface area contributed by atoms with Crippen molar-refractivity contribution in [2.75, 3.05) is 11.9 Å². The third kappa shape index (κ3) is 1.56. The Hall–Kier alpha value is -1.92. The molecule has 2 N–H and O–H groups in total. The van der Waals surface area contributed by atoms with Gasteiger partial charge in [0, 0.05) is 12.1 Å². The first-order chi connectivity index (χ1) is 6.77. The second-order valence-electron chi connectivity index (χ2n) is 2.85. The first-order valence-electron chi connectivity index (χ1n) is 4.14. The second-order valence-corrected chi connectivity index (χ2v) is 2.85. The number of rotatable bonds is 2. The van der Waals surface area contributed by atoms with E-state index in [0.717, 1.165) is 0 Å². The average Bonchev–Trinajstić information content (AvgIpc) is 2.75. The summed E-state index contributed by atoms with van der Waals surface area (Å²) in [5.74, 6) is 0.0631. The maximum atomic E-state index is 11.2. The largest absolute Gasteiger partial charge is 0.462 e. The Morgan fingerprint density at radius 1 is 1.64 bits per heavy atom. The number of cyclic esters (lactones) is 1.